The van der Waals surface area contributed by atoms with Crippen LogP contribution in [0.4, 0.5) is 4.39 Å². The predicted molar refractivity (Wildman–Crippen MR) is 126 cm³/mol. The SMILES string of the molecule is Cc1ccc(C(=O)N2CCC(c3[nH]nc(-c4ccc(F)cc4)c3-c3ccncc3)CC2)cc1. The van der Waals surface area contributed by atoms with Gasteiger partial charge in [-0.25, -0.2) is 4.39 Å². The van der Waals surface area contributed by atoms with Crippen molar-refractivity contribution in [2.24, 2.45) is 0 Å². The van der Waals surface area contributed by atoms with E-state index < -0.39 is 0 Å². The Hall–Kier alpha value is -3.80. The van der Waals surface area contributed by atoms with Crippen LogP contribution in [0.25, 0.3) is 22.4 Å². The highest BCUT2D eigenvalue weighted by Gasteiger charge is 2.29. The number of hydrogen-bond donors (Lipinski definition) is 1. The van der Waals surface area contributed by atoms with Gasteiger partial charge in [0.15, 0.2) is 0 Å². The maximum Gasteiger partial charge on any atom is 0.253 e. The summed E-state index contributed by atoms with van der Waals surface area (Å²) in [6.45, 7) is 3.40. The molecule has 5 rings (SSSR count). The number of amides is 1. The fourth-order valence-corrected chi connectivity index (χ4v) is 4.53. The monoisotopic (exact) mass is 440 g/mol. The molecule has 0 unspecified atom stereocenters. The Balaban J connectivity index is 1.41. The summed E-state index contributed by atoms with van der Waals surface area (Å²) in [4.78, 5) is 19.0. The smallest absolute Gasteiger partial charge is 0.253 e. The van der Waals surface area contributed by atoms with Crippen molar-refractivity contribution in [1.82, 2.24) is 20.1 Å². The molecule has 0 bridgehead atoms. The van der Waals surface area contributed by atoms with E-state index in [1.807, 2.05) is 48.2 Å². The second-order valence-corrected chi connectivity index (χ2v) is 8.54. The number of benzene rings is 2. The number of nitrogens with zero attached hydrogens (tertiary/aromatic N) is 3. The molecule has 2 aromatic heterocycles. The van der Waals surface area contributed by atoms with Gasteiger partial charge in [0, 0.05) is 53.8 Å². The average molecular weight is 441 g/mol. The molecule has 166 valence electrons. The molecule has 1 amide bonds. The molecule has 4 aromatic rings. The van der Waals surface area contributed by atoms with Crippen molar-refractivity contribution >= 4 is 5.91 Å². The van der Waals surface area contributed by atoms with Crippen molar-refractivity contribution in [3.63, 3.8) is 0 Å². The lowest BCUT2D eigenvalue weighted by Crippen LogP contribution is -2.38. The Morgan fingerprint density at radius 3 is 2.27 bits per heavy atom. The molecule has 2 aromatic carbocycles. The maximum atomic E-state index is 13.5. The standard InChI is InChI=1S/C27H25FN4O/c1-18-2-4-22(5-3-18)27(33)32-16-12-21(13-17-32)26-24(19-10-14-29-15-11-19)25(30-31-26)20-6-8-23(28)9-7-20/h2-11,14-15,21H,12-13,16-17H2,1H3,(H,30,31). The van der Waals surface area contributed by atoms with Gasteiger partial charge in [-0.05, 0) is 73.9 Å². The molecule has 0 radical (unpaired) electrons. The second-order valence-electron chi connectivity index (χ2n) is 8.54. The third-order valence-corrected chi connectivity index (χ3v) is 6.37. The van der Waals surface area contributed by atoms with E-state index in [-0.39, 0.29) is 17.6 Å². The molecule has 5 nitrogen and oxygen atoms in total. The van der Waals surface area contributed by atoms with E-state index in [4.69, 9.17) is 0 Å². The molecule has 1 fully saturated rings. The van der Waals surface area contributed by atoms with E-state index in [9.17, 15) is 9.18 Å². The molecule has 33 heavy (non-hydrogen) atoms. The van der Waals surface area contributed by atoms with E-state index in [1.54, 1.807) is 24.5 Å². The number of aryl methyl sites for hydroxylation is 1. The molecule has 0 saturated carbocycles. The minimum atomic E-state index is -0.273. The fourth-order valence-electron chi connectivity index (χ4n) is 4.53. The minimum Gasteiger partial charge on any atom is -0.339 e. The summed E-state index contributed by atoms with van der Waals surface area (Å²) in [6.07, 6.45) is 5.23. The molecule has 1 saturated heterocycles. The van der Waals surface area contributed by atoms with Crippen LogP contribution in [0.15, 0.2) is 73.1 Å². The van der Waals surface area contributed by atoms with Crippen molar-refractivity contribution < 1.29 is 9.18 Å². The number of aromatic amines is 1. The van der Waals surface area contributed by atoms with Crippen molar-refractivity contribution in [3.8, 4) is 22.4 Å². The number of H-pyrrole nitrogens is 1. The third-order valence-electron chi connectivity index (χ3n) is 6.37. The van der Waals surface area contributed by atoms with Gasteiger partial charge in [0.2, 0.25) is 0 Å². The first-order valence-electron chi connectivity index (χ1n) is 11.2. The van der Waals surface area contributed by atoms with Gasteiger partial charge in [-0.15, -0.1) is 0 Å². The van der Waals surface area contributed by atoms with E-state index in [0.29, 0.717) is 13.1 Å². The van der Waals surface area contributed by atoms with Crippen LogP contribution in [0.5, 0.6) is 0 Å². The number of halogens is 1. The molecule has 1 aliphatic heterocycles. The number of hydrogen-bond acceptors (Lipinski definition) is 3. The van der Waals surface area contributed by atoms with Crippen LogP contribution in [0.1, 0.15) is 40.4 Å². The Morgan fingerprint density at radius 1 is 0.939 bits per heavy atom. The lowest BCUT2D eigenvalue weighted by atomic mass is 9.87. The van der Waals surface area contributed by atoms with E-state index >= 15 is 0 Å². The summed E-state index contributed by atoms with van der Waals surface area (Å²) in [6, 6.07) is 18.1. The highest BCUT2D eigenvalue weighted by molar-refractivity contribution is 5.94. The molecule has 6 heteroatoms. The highest BCUT2D eigenvalue weighted by atomic mass is 19.1. The van der Waals surface area contributed by atoms with Crippen LogP contribution in [-0.4, -0.2) is 39.1 Å². The molecular formula is C27H25FN4O. The topological polar surface area (TPSA) is 61.9 Å². The Labute approximate surface area is 192 Å². The number of piperidine rings is 1. The first-order chi connectivity index (χ1) is 16.1. The first kappa shape index (κ1) is 21.1. The summed E-state index contributed by atoms with van der Waals surface area (Å²) in [7, 11) is 0. The lowest BCUT2D eigenvalue weighted by Gasteiger charge is -2.32. The van der Waals surface area contributed by atoms with Crippen LogP contribution in [-0.2, 0) is 0 Å². The summed E-state index contributed by atoms with van der Waals surface area (Å²) < 4.78 is 13.5. The number of pyridine rings is 1. The summed E-state index contributed by atoms with van der Waals surface area (Å²) in [5.74, 6) is 0.0573. The van der Waals surface area contributed by atoms with Gasteiger partial charge in [0.25, 0.3) is 5.91 Å². The van der Waals surface area contributed by atoms with Crippen molar-refractivity contribution in [2.75, 3.05) is 13.1 Å². The Kier molecular flexibility index (Phi) is 5.73. The summed E-state index contributed by atoms with van der Waals surface area (Å²) in [5.41, 5.74) is 6.63. The van der Waals surface area contributed by atoms with Crippen LogP contribution >= 0.6 is 0 Å². The Morgan fingerprint density at radius 2 is 1.61 bits per heavy atom. The zero-order valence-electron chi connectivity index (χ0n) is 18.5. The van der Waals surface area contributed by atoms with Gasteiger partial charge in [0.05, 0.1) is 0 Å². The average Bonchev–Trinajstić information content (AvgIpc) is 3.30. The molecule has 0 spiro atoms. The molecular weight excluding hydrogens is 415 g/mol. The molecule has 1 N–H and O–H groups in total. The second kappa shape index (κ2) is 8.98. The largest absolute Gasteiger partial charge is 0.339 e. The minimum absolute atomic E-state index is 0.0828. The normalized spacial score (nSPS) is 14.4. The number of carbonyl (C=O) groups excluding carboxylic acids is 1. The van der Waals surface area contributed by atoms with Gasteiger partial charge >= 0.3 is 0 Å². The van der Waals surface area contributed by atoms with Crippen LogP contribution in [0.2, 0.25) is 0 Å². The highest BCUT2D eigenvalue weighted by Crippen LogP contribution is 2.39. The molecule has 1 aliphatic rings. The third kappa shape index (κ3) is 4.29. The van der Waals surface area contributed by atoms with Crippen LogP contribution < -0.4 is 0 Å². The van der Waals surface area contributed by atoms with E-state index in [2.05, 4.69) is 15.2 Å². The van der Waals surface area contributed by atoms with Crippen molar-refractivity contribution in [1.29, 1.82) is 0 Å². The quantitative estimate of drug-likeness (QED) is 0.449. The van der Waals surface area contributed by atoms with Gasteiger partial charge in [0.1, 0.15) is 11.5 Å². The predicted octanol–water partition coefficient (Wildman–Crippen LogP) is 5.61. The first-order valence-corrected chi connectivity index (χ1v) is 11.2. The summed E-state index contributed by atoms with van der Waals surface area (Å²) >= 11 is 0. The number of carbonyl (C=O) groups is 1. The van der Waals surface area contributed by atoms with E-state index in [1.165, 1.54) is 12.1 Å². The Bertz CT molecular complexity index is 1240. The molecule has 3 heterocycles. The zero-order chi connectivity index (χ0) is 22.8. The number of aromatic nitrogens is 3. The molecule has 0 atom stereocenters. The van der Waals surface area contributed by atoms with E-state index in [0.717, 1.165) is 52.0 Å². The lowest BCUT2D eigenvalue weighted by molar-refractivity contribution is 0.0712. The fraction of sp³-hybridized carbons (Fsp3) is 0.222. The van der Waals surface area contributed by atoms with Gasteiger partial charge in [-0.3, -0.25) is 14.9 Å². The number of nitrogens with one attached hydrogen (secondary N) is 1. The van der Waals surface area contributed by atoms with Crippen LogP contribution in [0, 0.1) is 12.7 Å². The molecule has 0 aliphatic carbocycles. The number of likely N-dealkylation sites (tertiary alicyclic amines) is 1. The zero-order valence-corrected chi connectivity index (χ0v) is 18.5. The number of rotatable bonds is 4. The maximum absolute atomic E-state index is 13.5. The van der Waals surface area contributed by atoms with Crippen molar-refractivity contribution in [3.05, 3.63) is 95.7 Å². The van der Waals surface area contributed by atoms with Gasteiger partial charge in [-0.2, -0.15) is 5.10 Å². The van der Waals surface area contributed by atoms with Crippen LogP contribution in [0.3, 0.4) is 0 Å². The van der Waals surface area contributed by atoms with Gasteiger partial charge < -0.3 is 4.90 Å². The van der Waals surface area contributed by atoms with Crippen molar-refractivity contribution in [2.45, 2.75) is 25.7 Å². The summed E-state index contributed by atoms with van der Waals surface area (Å²) in [5, 5.41) is 7.90. The van der Waals surface area contributed by atoms with Gasteiger partial charge in [-0.1, -0.05) is 17.7 Å².